The smallest absolute Gasteiger partial charge is 0.410 e. The third-order valence-corrected chi connectivity index (χ3v) is 5.71. The third kappa shape index (κ3) is 3.91. The number of hydrogen-bond donors (Lipinski definition) is 1. The fraction of sp³-hybridized carbons (Fsp3) is 0.500. The first-order valence-electron chi connectivity index (χ1n) is 10.3. The van der Waals surface area contributed by atoms with Crippen LogP contribution >= 0.6 is 0 Å². The largest absolute Gasteiger partial charge is 0.472 e. The maximum atomic E-state index is 14.2. The third-order valence-electron chi connectivity index (χ3n) is 5.71. The standard InChI is InChI=1S/C22H27FN4O3/c1-12(2)29-22(28)27-15-6-8-18(27)19(10-15)30-21-14(4)20(24-11-25-21)26-17-7-5-13(3)9-16(17)23/h5,7,9,11-12,15,18-19H,6,8,10H2,1-4H3,(H,24,25,26)/t15?,18?,19-/m0/s1. The van der Waals surface area contributed by atoms with Crippen LogP contribution in [0.15, 0.2) is 24.5 Å². The Kier molecular flexibility index (Phi) is 5.49. The van der Waals surface area contributed by atoms with Crippen molar-refractivity contribution in [2.75, 3.05) is 5.32 Å². The highest BCUT2D eigenvalue weighted by molar-refractivity contribution is 5.70. The van der Waals surface area contributed by atoms with Crippen molar-refractivity contribution in [1.82, 2.24) is 14.9 Å². The Morgan fingerprint density at radius 1 is 1.27 bits per heavy atom. The summed E-state index contributed by atoms with van der Waals surface area (Å²) in [5.74, 6) is 0.583. The van der Waals surface area contributed by atoms with E-state index in [-0.39, 0.29) is 36.2 Å². The number of hydrogen-bond acceptors (Lipinski definition) is 6. The van der Waals surface area contributed by atoms with Gasteiger partial charge in [0.15, 0.2) is 0 Å². The van der Waals surface area contributed by atoms with Crippen LogP contribution in [0.5, 0.6) is 5.88 Å². The Bertz CT molecular complexity index is 952. The van der Waals surface area contributed by atoms with Crippen LogP contribution in [-0.4, -0.2) is 45.3 Å². The van der Waals surface area contributed by atoms with Gasteiger partial charge in [-0.25, -0.2) is 19.2 Å². The number of nitrogens with zero attached hydrogens (tertiary/aromatic N) is 3. The lowest BCUT2D eigenvalue weighted by atomic mass is 9.98. The van der Waals surface area contributed by atoms with Gasteiger partial charge >= 0.3 is 6.09 Å². The molecule has 2 fully saturated rings. The molecule has 0 saturated carbocycles. The zero-order valence-electron chi connectivity index (χ0n) is 17.7. The molecule has 8 heteroatoms. The van der Waals surface area contributed by atoms with Crippen LogP contribution in [0.2, 0.25) is 0 Å². The molecule has 3 atom stereocenters. The zero-order chi connectivity index (χ0) is 21.4. The molecule has 2 aliphatic heterocycles. The molecule has 160 valence electrons. The SMILES string of the molecule is Cc1ccc(Nc2ncnc(O[C@H]3CC4CCC3N4C(=O)OC(C)C)c2C)c(F)c1. The molecule has 4 rings (SSSR count). The molecule has 1 amide bonds. The molecule has 2 aliphatic rings. The van der Waals surface area contributed by atoms with Crippen LogP contribution in [0, 0.1) is 19.7 Å². The van der Waals surface area contributed by atoms with Crippen LogP contribution in [0.25, 0.3) is 0 Å². The van der Waals surface area contributed by atoms with E-state index in [0.29, 0.717) is 22.9 Å². The summed E-state index contributed by atoms with van der Waals surface area (Å²) in [5.41, 5.74) is 1.88. The Morgan fingerprint density at radius 2 is 2.07 bits per heavy atom. The molecule has 2 unspecified atom stereocenters. The van der Waals surface area contributed by atoms with Gasteiger partial charge in [0.05, 0.1) is 23.4 Å². The van der Waals surface area contributed by atoms with Crippen LogP contribution in [0.1, 0.15) is 44.2 Å². The van der Waals surface area contributed by atoms with Crippen molar-refractivity contribution in [2.45, 2.75) is 71.2 Å². The summed E-state index contributed by atoms with van der Waals surface area (Å²) in [6, 6.07) is 5.09. The van der Waals surface area contributed by atoms with Gasteiger partial charge < -0.3 is 14.8 Å². The molecule has 1 aromatic heterocycles. The van der Waals surface area contributed by atoms with Crippen molar-refractivity contribution in [3.63, 3.8) is 0 Å². The van der Waals surface area contributed by atoms with Crippen molar-refractivity contribution < 1.29 is 18.7 Å². The molecule has 1 N–H and O–H groups in total. The second-order valence-corrected chi connectivity index (χ2v) is 8.29. The fourth-order valence-corrected chi connectivity index (χ4v) is 4.28. The highest BCUT2D eigenvalue weighted by Crippen LogP contribution is 2.40. The molecule has 30 heavy (non-hydrogen) atoms. The number of carbonyl (C=O) groups excluding carboxylic acids is 1. The first-order valence-corrected chi connectivity index (χ1v) is 10.3. The minimum Gasteiger partial charge on any atom is -0.472 e. The summed E-state index contributed by atoms with van der Waals surface area (Å²) in [7, 11) is 0. The molecule has 0 spiro atoms. The first kappa shape index (κ1) is 20.4. The van der Waals surface area contributed by atoms with E-state index in [2.05, 4.69) is 15.3 Å². The molecule has 1 aromatic carbocycles. The van der Waals surface area contributed by atoms with Gasteiger partial charge in [-0.1, -0.05) is 6.07 Å². The van der Waals surface area contributed by atoms with Crippen molar-refractivity contribution >= 4 is 17.6 Å². The van der Waals surface area contributed by atoms with E-state index in [4.69, 9.17) is 9.47 Å². The van der Waals surface area contributed by atoms with Gasteiger partial charge in [0.1, 0.15) is 24.1 Å². The number of ether oxygens (including phenoxy) is 2. The Labute approximate surface area is 175 Å². The summed E-state index contributed by atoms with van der Waals surface area (Å²) in [6.45, 7) is 7.37. The number of aryl methyl sites for hydroxylation is 1. The van der Waals surface area contributed by atoms with Gasteiger partial charge in [0.25, 0.3) is 0 Å². The van der Waals surface area contributed by atoms with Crippen LogP contribution in [-0.2, 0) is 4.74 Å². The summed E-state index contributed by atoms with van der Waals surface area (Å²) in [6.07, 6.45) is 3.40. The predicted molar refractivity (Wildman–Crippen MR) is 110 cm³/mol. The van der Waals surface area contributed by atoms with Crippen molar-refractivity contribution in [2.24, 2.45) is 0 Å². The highest BCUT2D eigenvalue weighted by Gasteiger charge is 2.51. The maximum Gasteiger partial charge on any atom is 0.410 e. The maximum absolute atomic E-state index is 14.2. The second-order valence-electron chi connectivity index (χ2n) is 8.29. The van der Waals surface area contributed by atoms with E-state index < -0.39 is 0 Å². The molecular weight excluding hydrogens is 387 g/mol. The minimum absolute atomic E-state index is 0.0263. The number of amides is 1. The summed E-state index contributed by atoms with van der Waals surface area (Å²) < 4.78 is 25.8. The van der Waals surface area contributed by atoms with Gasteiger partial charge in [-0.15, -0.1) is 0 Å². The number of halogens is 1. The zero-order valence-corrected chi connectivity index (χ0v) is 17.7. The predicted octanol–water partition coefficient (Wildman–Crippen LogP) is 4.51. The summed E-state index contributed by atoms with van der Waals surface area (Å²) in [5, 5.41) is 3.02. The number of benzene rings is 1. The fourth-order valence-electron chi connectivity index (χ4n) is 4.28. The average Bonchev–Trinajstić information content (AvgIpc) is 3.24. The average molecular weight is 414 g/mol. The molecule has 3 heterocycles. The molecule has 2 bridgehead atoms. The lowest BCUT2D eigenvalue weighted by molar-refractivity contribution is 0.0641. The van der Waals surface area contributed by atoms with Crippen molar-refractivity contribution in [1.29, 1.82) is 0 Å². The molecule has 0 aliphatic carbocycles. The van der Waals surface area contributed by atoms with E-state index >= 15 is 0 Å². The van der Waals surface area contributed by atoms with Crippen molar-refractivity contribution in [3.05, 3.63) is 41.5 Å². The number of rotatable bonds is 5. The number of fused-ring (bicyclic) bond motifs is 2. The Morgan fingerprint density at radius 3 is 2.80 bits per heavy atom. The second kappa shape index (κ2) is 8.08. The van der Waals surface area contributed by atoms with E-state index in [1.807, 2.05) is 38.7 Å². The van der Waals surface area contributed by atoms with E-state index in [9.17, 15) is 9.18 Å². The quantitative estimate of drug-likeness (QED) is 0.776. The summed E-state index contributed by atoms with van der Waals surface area (Å²) in [4.78, 5) is 22.8. The van der Waals surface area contributed by atoms with E-state index in [1.165, 1.54) is 12.4 Å². The van der Waals surface area contributed by atoms with Gasteiger partial charge in [-0.2, -0.15) is 0 Å². The van der Waals surface area contributed by atoms with Gasteiger partial charge in [-0.05, 0) is 58.2 Å². The molecule has 0 radical (unpaired) electrons. The molecular formula is C22H27FN4O3. The van der Waals surface area contributed by atoms with Gasteiger partial charge in [0.2, 0.25) is 5.88 Å². The number of anilines is 2. The van der Waals surface area contributed by atoms with Gasteiger partial charge in [0, 0.05) is 12.5 Å². The van der Waals surface area contributed by atoms with E-state index in [1.54, 1.807) is 6.07 Å². The molecule has 7 nitrogen and oxygen atoms in total. The van der Waals surface area contributed by atoms with Gasteiger partial charge in [-0.3, -0.25) is 4.90 Å². The number of carbonyl (C=O) groups is 1. The minimum atomic E-state index is -0.345. The van der Waals surface area contributed by atoms with Crippen LogP contribution in [0.3, 0.4) is 0 Å². The lowest BCUT2D eigenvalue weighted by Gasteiger charge is -2.25. The monoisotopic (exact) mass is 414 g/mol. The van der Waals surface area contributed by atoms with Crippen LogP contribution in [0.4, 0.5) is 20.7 Å². The Balaban J connectivity index is 1.49. The first-order chi connectivity index (χ1) is 14.3. The lowest BCUT2D eigenvalue weighted by Crippen LogP contribution is -2.40. The molecule has 2 aromatic rings. The van der Waals surface area contributed by atoms with E-state index in [0.717, 1.165) is 24.8 Å². The Hall–Kier alpha value is -2.90. The normalized spacial score (nSPS) is 22.5. The van der Waals surface area contributed by atoms with Crippen molar-refractivity contribution in [3.8, 4) is 5.88 Å². The number of nitrogens with one attached hydrogen (secondary N) is 1. The topological polar surface area (TPSA) is 76.6 Å². The van der Waals surface area contributed by atoms with Crippen LogP contribution < -0.4 is 10.1 Å². The highest BCUT2D eigenvalue weighted by atomic mass is 19.1. The summed E-state index contributed by atoms with van der Waals surface area (Å²) >= 11 is 0. The molecule has 2 saturated heterocycles. The number of aromatic nitrogens is 2.